The quantitative estimate of drug-likeness (QED) is 0.0302. The fourth-order valence-corrected chi connectivity index (χ4v) is 4.98. The van der Waals surface area contributed by atoms with Crippen LogP contribution in [-0.4, -0.2) is 37.2 Å². The third-order valence-electron chi connectivity index (χ3n) is 7.83. The van der Waals surface area contributed by atoms with Gasteiger partial charge in [-0.3, -0.25) is 14.4 Å². The number of ether oxygens (including phenoxy) is 3. The molecule has 0 saturated carbocycles. The summed E-state index contributed by atoms with van der Waals surface area (Å²) in [6, 6.07) is 0. The first-order valence-electron chi connectivity index (χ1n) is 19.1. The minimum atomic E-state index is -0.794. The summed E-state index contributed by atoms with van der Waals surface area (Å²) in [5.74, 6) is -0.983. The molecule has 0 bridgehead atoms. The number of allylic oxidation sites excluding steroid dienone is 8. The molecule has 0 aliphatic rings. The van der Waals surface area contributed by atoms with E-state index in [2.05, 4.69) is 69.4 Å². The van der Waals surface area contributed by atoms with E-state index in [0.29, 0.717) is 19.3 Å². The summed E-state index contributed by atoms with van der Waals surface area (Å²) in [4.78, 5) is 37.3. The van der Waals surface area contributed by atoms with Crippen LogP contribution in [0.15, 0.2) is 48.6 Å². The summed E-state index contributed by atoms with van der Waals surface area (Å²) >= 11 is 0. The molecule has 0 amide bonds. The van der Waals surface area contributed by atoms with E-state index in [0.717, 1.165) is 77.0 Å². The summed E-state index contributed by atoms with van der Waals surface area (Å²) in [5.41, 5.74) is 0. The van der Waals surface area contributed by atoms with E-state index in [1.807, 2.05) is 0 Å². The number of esters is 3. The lowest BCUT2D eigenvalue weighted by Gasteiger charge is -2.18. The van der Waals surface area contributed by atoms with Crippen molar-refractivity contribution in [2.45, 2.75) is 181 Å². The first-order chi connectivity index (χ1) is 23.0. The Morgan fingerprint density at radius 2 is 0.830 bits per heavy atom. The molecule has 6 heteroatoms. The van der Waals surface area contributed by atoms with Crippen LogP contribution in [0.5, 0.6) is 0 Å². The first-order valence-corrected chi connectivity index (χ1v) is 19.1. The zero-order chi connectivity index (χ0) is 34.5. The van der Waals surface area contributed by atoms with Crippen LogP contribution in [0.25, 0.3) is 0 Å². The van der Waals surface area contributed by atoms with Crippen molar-refractivity contribution in [1.29, 1.82) is 0 Å². The Hall–Kier alpha value is -2.63. The van der Waals surface area contributed by atoms with E-state index in [9.17, 15) is 14.4 Å². The molecule has 0 aromatic rings. The maximum Gasteiger partial charge on any atom is 0.306 e. The van der Waals surface area contributed by atoms with E-state index in [-0.39, 0.29) is 37.5 Å². The zero-order valence-corrected chi connectivity index (χ0v) is 30.5. The highest BCUT2D eigenvalue weighted by Gasteiger charge is 2.19. The second-order valence-electron chi connectivity index (χ2n) is 12.4. The molecule has 270 valence electrons. The number of unbranched alkanes of at least 4 members (excludes halogenated alkanes) is 14. The van der Waals surface area contributed by atoms with Crippen LogP contribution >= 0.6 is 0 Å². The number of rotatable bonds is 33. The molecule has 0 N–H and O–H groups in total. The molecular formula is C41H70O6. The molecule has 0 saturated heterocycles. The van der Waals surface area contributed by atoms with Gasteiger partial charge < -0.3 is 14.2 Å². The molecule has 0 rings (SSSR count). The fraction of sp³-hybridized carbons (Fsp3) is 0.732. The molecule has 1 atom stereocenters. The summed E-state index contributed by atoms with van der Waals surface area (Å²) in [6.45, 7) is 6.28. The van der Waals surface area contributed by atoms with Gasteiger partial charge in [-0.2, -0.15) is 0 Å². The molecule has 0 aliphatic carbocycles. The SMILES string of the molecule is CC/C=C\C/C=C\CCCCC(=O)OCC(COC(=O)CCCCCCCCCCCCC)OC(=O)CCCC/C=C\C/C=C\CC. The van der Waals surface area contributed by atoms with Crippen molar-refractivity contribution in [1.82, 2.24) is 0 Å². The Bertz CT molecular complexity index is 856. The van der Waals surface area contributed by atoms with E-state index in [1.165, 1.54) is 51.4 Å². The van der Waals surface area contributed by atoms with Crippen molar-refractivity contribution in [3.05, 3.63) is 48.6 Å². The molecule has 0 aromatic heterocycles. The predicted octanol–water partition coefficient (Wildman–Crippen LogP) is 11.6. The molecule has 1 unspecified atom stereocenters. The fourth-order valence-electron chi connectivity index (χ4n) is 4.98. The van der Waals surface area contributed by atoms with Crippen LogP contribution in [0.4, 0.5) is 0 Å². The van der Waals surface area contributed by atoms with Gasteiger partial charge in [0.15, 0.2) is 6.10 Å². The molecule has 0 aliphatic heterocycles. The number of hydrogen-bond acceptors (Lipinski definition) is 6. The summed E-state index contributed by atoms with van der Waals surface area (Å²) in [5, 5.41) is 0. The van der Waals surface area contributed by atoms with E-state index >= 15 is 0 Å². The maximum absolute atomic E-state index is 12.5. The average Bonchev–Trinajstić information content (AvgIpc) is 3.06. The van der Waals surface area contributed by atoms with Crippen LogP contribution in [0.1, 0.15) is 175 Å². The van der Waals surface area contributed by atoms with Gasteiger partial charge in [-0.15, -0.1) is 0 Å². The van der Waals surface area contributed by atoms with Crippen molar-refractivity contribution >= 4 is 17.9 Å². The summed E-state index contributed by atoms with van der Waals surface area (Å²) in [6.07, 6.45) is 39.8. The van der Waals surface area contributed by atoms with Crippen LogP contribution in [0, 0.1) is 0 Å². The Morgan fingerprint density at radius 1 is 0.447 bits per heavy atom. The molecule has 0 fully saturated rings. The van der Waals surface area contributed by atoms with Gasteiger partial charge in [-0.05, 0) is 70.6 Å². The number of carbonyl (C=O) groups excluding carboxylic acids is 3. The van der Waals surface area contributed by atoms with Crippen LogP contribution in [0.3, 0.4) is 0 Å². The van der Waals surface area contributed by atoms with Crippen LogP contribution in [0.2, 0.25) is 0 Å². The molecular weight excluding hydrogens is 588 g/mol. The highest BCUT2D eigenvalue weighted by atomic mass is 16.6. The molecule has 47 heavy (non-hydrogen) atoms. The summed E-state index contributed by atoms with van der Waals surface area (Å²) in [7, 11) is 0. The van der Waals surface area contributed by atoms with Gasteiger partial charge in [-0.25, -0.2) is 0 Å². The molecule has 0 spiro atoms. The monoisotopic (exact) mass is 659 g/mol. The van der Waals surface area contributed by atoms with E-state index in [1.54, 1.807) is 0 Å². The Balaban J connectivity index is 4.44. The lowest BCUT2D eigenvalue weighted by molar-refractivity contribution is -0.167. The Morgan fingerprint density at radius 3 is 1.28 bits per heavy atom. The van der Waals surface area contributed by atoms with E-state index < -0.39 is 6.10 Å². The third kappa shape index (κ3) is 34.5. The highest BCUT2D eigenvalue weighted by Crippen LogP contribution is 2.13. The smallest absolute Gasteiger partial charge is 0.306 e. The van der Waals surface area contributed by atoms with E-state index in [4.69, 9.17) is 14.2 Å². The topological polar surface area (TPSA) is 78.9 Å². The molecule has 0 radical (unpaired) electrons. The largest absolute Gasteiger partial charge is 0.462 e. The van der Waals surface area contributed by atoms with Crippen LogP contribution in [-0.2, 0) is 28.6 Å². The minimum absolute atomic E-state index is 0.0961. The number of hydrogen-bond donors (Lipinski definition) is 0. The minimum Gasteiger partial charge on any atom is -0.462 e. The van der Waals surface area contributed by atoms with Gasteiger partial charge >= 0.3 is 17.9 Å². The Labute approximate surface area is 288 Å². The standard InChI is InChI=1S/C41H70O6/c1-4-7-10-13-16-19-20-23-25-28-31-34-40(43)46-37-38(47-41(44)35-32-29-26-22-18-15-12-9-6-3)36-45-39(42)33-30-27-24-21-17-14-11-8-5-2/h8-9,11-12,17-18,21-22,38H,4-7,10,13-16,19-20,23-37H2,1-3H3/b11-8-,12-9-,21-17-,22-18-. The molecule has 0 aromatic carbocycles. The molecule has 0 heterocycles. The van der Waals surface area contributed by atoms with Gasteiger partial charge in [0.2, 0.25) is 0 Å². The second-order valence-corrected chi connectivity index (χ2v) is 12.4. The zero-order valence-electron chi connectivity index (χ0n) is 30.5. The lowest BCUT2D eigenvalue weighted by atomic mass is 10.1. The van der Waals surface area contributed by atoms with Crippen LogP contribution < -0.4 is 0 Å². The van der Waals surface area contributed by atoms with Gasteiger partial charge in [-0.1, -0.05) is 134 Å². The average molecular weight is 659 g/mol. The second kappa shape index (κ2) is 36.2. The van der Waals surface area contributed by atoms with Crippen molar-refractivity contribution in [2.24, 2.45) is 0 Å². The van der Waals surface area contributed by atoms with Crippen molar-refractivity contribution in [3.8, 4) is 0 Å². The molecule has 6 nitrogen and oxygen atoms in total. The highest BCUT2D eigenvalue weighted by molar-refractivity contribution is 5.71. The van der Waals surface area contributed by atoms with Crippen molar-refractivity contribution in [2.75, 3.05) is 13.2 Å². The number of carbonyl (C=O) groups is 3. The third-order valence-corrected chi connectivity index (χ3v) is 7.83. The van der Waals surface area contributed by atoms with Gasteiger partial charge in [0.1, 0.15) is 13.2 Å². The Kier molecular flexibility index (Phi) is 34.2. The lowest BCUT2D eigenvalue weighted by Crippen LogP contribution is -2.30. The van der Waals surface area contributed by atoms with Gasteiger partial charge in [0.05, 0.1) is 0 Å². The van der Waals surface area contributed by atoms with Crippen molar-refractivity contribution in [3.63, 3.8) is 0 Å². The summed E-state index contributed by atoms with van der Waals surface area (Å²) < 4.78 is 16.5. The first kappa shape index (κ1) is 44.4. The maximum atomic E-state index is 12.5. The van der Waals surface area contributed by atoms with Gasteiger partial charge in [0, 0.05) is 19.3 Å². The normalized spacial score (nSPS) is 12.5. The van der Waals surface area contributed by atoms with Gasteiger partial charge in [0.25, 0.3) is 0 Å². The predicted molar refractivity (Wildman–Crippen MR) is 196 cm³/mol. The van der Waals surface area contributed by atoms with Crippen molar-refractivity contribution < 1.29 is 28.6 Å².